The molecule has 2 nitrogen and oxygen atoms in total. The van der Waals surface area contributed by atoms with Crippen LogP contribution in [0.3, 0.4) is 0 Å². The zero-order valence-electron chi connectivity index (χ0n) is 16.1. The fraction of sp³-hybridized carbons (Fsp3) is 0.818. The van der Waals surface area contributed by atoms with Gasteiger partial charge < -0.3 is 4.90 Å². The van der Waals surface area contributed by atoms with Crippen molar-refractivity contribution in [2.75, 3.05) is 39.8 Å². The largest absolute Gasteiger partial charge is 0.306 e. The first-order valence-electron chi connectivity index (χ1n) is 10.5. The van der Waals surface area contributed by atoms with E-state index in [4.69, 9.17) is 0 Å². The van der Waals surface area contributed by atoms with Crippen molar-refractivity contribution < 1.29 is 0 Å². The van der Waals surface area contributed by atoms with Gasteiger partial charge in [0, 0.05) is 6.54 Å². The SMILES string of the molecule is CC1C=CC(CN2CCCCC(C3CCN(C)CC3)CCC2)=CC1. The molecule has 2 unspecified atom stereocenters. The van der Waals surface area contributed by atoms with Crippen LogP contribution in [0, 0.1) is 17.8 Å². The minimum atomic E-state index is 0.736. The molecule has 2 aliphatic heterocycles. The van der Waals surface area contributed by atoms with Crippen molar-refractivity contribution in [2.45, 2.75) is 58.3 Å². The zero-order valence-corrected chi connectivity index (χ0v) is 16.1. The Hall–Kier alpha value is -0.600. The molecule has 2 atom stereocenters. The van der Waals surface area contributed by atoms with E-state index in [1.807, 2.05) is 0 Å². The fourth-order valence-electron chi connectivity index (χ4n) is 4.85. The van der Waals surface area contributed by atoms with Crippen LogP contribution in [-0.2, 0) is 0 Å². The molecule has 3 aliphatic rings. The normalized spacial score (nSPS) is 32.0. The molecule has 136 valence electrons. The molecule has 2 heteroatoms. The molecule has 24 heavy (non-hydrogen) atoms. The zero-order chi connectivity index (χ0) is 16.8. The van der Waals surface area contributed by atoms with Crippen molar-refractivity contribution in [1.82, 2.24) is 9.80 Å². The molecule has 0 amide bonds. The van der Waals surface area contributed by atoms with Gasteiger partial charge in [-0.2, -0.15) is 0 Å². The van der Waals surface area contributed by atoms with Gasteiger partial charge in [-0.15, -0.1) is 0 Å². The van der Waals surface area contributed by atoms with Gasteiger partial charge in [0.2, 0.25) is 0 Å². The third-order valence-corrected chi connectivity index (χ3v) is 6.58. The lowest BCUT2D eigenvalue weighted by Crippen LogP contribution is -2.33. The van der Waals surface area contributed by atoms with Crippen LogP contribution in [0.25, 0.3) is 0 Å². The van der Waals surface area contributed by atoms with Crippen LogP contribution in [0.4, 0.5) is 0 Å². The second kappa shape index (κ2) is 9.20. The smallest absolute Gasteiger partial charge is 0.0230 e. The molecular formula is C22H38N2. The second-order valence-electron chi connectivity index (χ2n) is 8.67. The number of nitrogens with zero attached hydrogens (tertiary/aromatic N) is 2. The Morgan fingerprint density at radius 2 is 1.62 bits per heavy atom. The summed E-state index contributed by atoms with van der Waals surface area (Å²) in [5, 5.41) is 0. The number of allylic oxidation sites excluding steroid dienone is 2. The molecule has 0 aromatic heterocycles. The molecule has 0 radical (unpaired) electrons. The highest BCUT2D eigenvalue weighted by atomic mass is 15.1. The van der Waals surface area contributed by atoms with Gasteiger partial charge in [0.15, 0.2) is 0 Å². The molecule has 1 aliphatic carbocycles. The van der Waals surface area contributed by atoms with Crippen LogP contribution in [0.5, 0.6) is 0 Å². The summed E-state index contributed by atoms with van der Waals surface area (Å²) in [5.74, 6) is 2.76. The predicted molar refractivity (Wildman–Crippen MR) is 104 cm³/mol. The standard InChI is InChI=1S/C22H38N2/c1-19-8-10-20(11-9-19)18-24-14-4-3-6-21(7-5-15-24)22-12-16-23(2)17-13-22/h8,10-11,19,21-22H,3-7,9,12-18H2,1-2H3. The van der Waals surface area contributed by atoms with Crippen LogP contribution < -0.4 is 0 Å². The number of piperidine rings is 1. The van der Waals surface area contributed by atoms with Crippen molar-refractivity contribution >= 4 is 0 Å². The molecule has 0 spiro atoms. The van der Waals surface area contributed by atoms with Gasteiger partial charge in [-0.3, -0.25) is 4.90 Å². The third-order valence-electron chi connectivity index (χ3n) is 6.58. The van der Waals surface area contributed by atoms with Gasteiger partial charge in [0.1, 0.15) is 0 Å². The van der Waals surface area contributed by atoms with Crippen molar-refractivity contribution in [3.8, 4) is 0 Å². The molecule has 2 fully saturated rings. The monoisotopic (exact) mass is 330 g/mol. The first-order chi connectivity index (χ1) is 11.7. The van der Waals surface area contributed by atoms with Crippen molar-refractivity contribution in [2.24, 2.45) is 17.8 Å². The fourth-order valence-corrected chi connectivity index (χ4v) is 4.85. The van der Waals surface area contributed by atoms with Crippen LogP contribution in [0.1, 0.15) is 58.3 Å². The summed E-state index contributed by atoms with van der Waals surface area (Å²) in [4.78, 5) is 5.24. The Balaban J connectivity index is 1.46. The maximum atomic E-state index is 2.73. The van der Waals surface area contributed by atoms with E-state index in [0.717, 1.165) is 17.8 Å². The Morgan fingerprint density at radius 1 is 0.917 bits per heavy atom. The van der Waals surface area contributed by atoms with Gasteiger partial charge in [-0.1, -0.05) is 38.0 Å². The van der Waals surface area contributed by atoms with E-state index < -0.39 is 0 Å². The summed E-state index contributed by atoms with van der Waals surface area (Å²) in [7, 11) is 2.28. The van der Waals surface area contributed by atoms with E-state index in [1.54, 1.807) is 5.57 Å². The Bertz CT molecular complexity index is 431. The topological polar surface area (TPSA) is 6.48 Å². The summed E-state index contributed by atoms with van der Waals surface area (Å²) in [6, 6.07) is 0. The van der Waals surface area contributed by atoms with Gasteiger partial charge >= 0.3 is 0 Å². The van der Waals surface area contributed by atoms with Gasteiger partial charge in [0.05, 0.1) is 0 Å². The molecule has 0 aromatic carbocycles. The first kappa shape index (κ1) is 18.2. The van der Waals surface area contributed by atoms with E-state index in [-0.39, 0.29) is 0 Å². The van der Waals surface area contributed by atoms with Crippen molar-refractivity contribution in [1.29, 1.82) is 0 Å². The van der Waals surface area contributed by atoms with Crippen molar-refractivity contribution in [3.05, 3.63) is 23.8 Å². The number of rotatable bonds is 3. The van der Waals surface area contributed by atoms with Crippen molar-refractivity contribution in [3.63, 3.8) is 0 Å². The molecule has 0 saturated carbocycles. The average Bonchev–Trinajstić information content (AvgIpc) is 2.70. The predicted octanol–water partition coefficient (Wildman–Crippen LogP) is 4.73. The lowest BCUT2D eigenvalue weighted by Gasteiger charge is -2.34. The van der Waals surface area contributed by atoms with Crippen LogP contribution in [-0.4, -0.2) is 49.6 Å². The van der Waals surface area contributed by atoms with E-state index in [9.17, 15) is 0 Å². The van der Waals surface area contributed by atoms with Gasteiger partial charge in [-0.05, 0) is 95.1 Å². The van der Waals surface area contributed by atoms with E-state index in [2.05, 4.69) is 42.0 Å². The van der Waals surface area contributed by atoms with Crippen LogP contribution in [0.15, 0.2) is 23.8 Å². The lowest BCUT2D eigenvalue weighted by atomic mass is 9.79. The molecule has 2 heterocycles. The molecule has 0 N–H and O–H groups in total. The Labute approximate surface area is 150 Å². The summed E-state index contributed by atoms with van der Waals surface area (Å²) in [6.07, 6.45) is 18.6. The van der Waals surface area contributed by atoms with Gasteiger partial charge in [-0.25, -0.2) is 0 Å². The maximum Gasteiger partial charge on any atom is 0.0230 e. The van der Waals surface area contributed by atoms with Crippen LogP contribution in [0.2, 0.25) is 0 Å². The average molecular weight is 331 g/mol. The summed E-state index contributed by atoms with van der Waals surface area (Å²) < 4.78 is 0. The highest BCUT2D eigenvalue weighted by molar-refractivity contribution is 5.24. The number of hydrogen-bond donors (Lipinski definition) is 0. The minimum absolute atomic E-state index is 0.736. The number of hydrogen-bond acceptors (Lipinski definition) is 2. The first-order valence-corrected chi connectivity index (χ1v) is 10.5. The lowest BCUT2D eigenvalue weighted by molar-refractivity contribution is 0.156. The molecule has 0 aromatic rings. The minimum Gasteiger partial charge on any atom is -0.306 e. The maximum absolute atomic E-state index is 2.73. The highest BCUT2D eigenvalue weighted by Gasteiger charge is 2.25. The summed E-state index contributed by atoms with van der Waals surface area (Å²) in [6.45, 7) is 8.76. The van der Waals surface area contributed by atoms with Crippen LogP contribution >= 0.6 is 0 Å². The number of likely N-dealkylation sites (tertiary alicyclic amines) is 1. The Morgan fingerprint density at radius 3 is 2.38 bits per heavy atom. The Kier molecular flexibility index (Phi) is 6.97. The quantitative estimate of drug-likeness (QED) is 0.738. The molecule has 3 rings (SSSR count). The van der Waals surface area contributed by atoms with E-state index >= 15 is 0 Å². The third kappa shape index (κ3) is 5.46. The molecule has 0 bridgehead atoms. The second-order valence-corrected chi connectivity index (χ2v) is 8.67. The van der Waals surface area contributed by atoms with E-state index in [0.29, 0.717) is 0 Å². The summed E-state index contributed by atoms with van der Waals surface area (Å²) >= 11 is 0. The van der Waals surface area contributed by atoms with Gasteiger partial charge in [0.25, 0.3) is 0 Å². The molecule has 2 saturated heterocycles. The molecular weight excluding hydrogens is 292 g/mol. The summed E-state index contributed by atoms with van der Waals surface area (Å²) in [5.41, 5.74) is 1.55. The van der Waals surface area contributed by atoms with E-state index in [1.165, 1.54) is 84.1 Å². The highest BCUT2D eigenvalue weighted by Crippen LogP contribution is 2.32.